The van der Waals surface area contributed by atoms with E-state index in [2.05, 4.69) is 40.2 Å². The smallest absolute Gasteiger partial charge is 0.225 e. The topological polar surface area (TPSA) is 62.2 Å². The molecule has 1 saturated heterocycles. The van der Waals surface area contributed by atoms with Gasteiger partial charge in [-0.25, -0.2) is 9.97 Å². The highest BCUT2D eigenvalue weighted by molar-refractivity contribution is 7.22. The Bertz CT molecular complexity index is 1230. The lowest BCUT2D eigenvalue weighted by Gasteiger charge is -2.33. The van der Waals surface area contributed by atoms with E-state index in [1.165, 1.54) is 10.4 Å². The highest BCUT2D eigenvalue weighted by Crippen LogP contribution is 2.38. The minimum absolute atomic E-state index is 0.0822. The summed E-state index contributed by atoms with van der Waals surface area (Å²) in [6, 6.07) is 16.5. The summed E-state index contributed by atoms with van der Waals surface area (Å²) in [4.78, 5) is 32.7. The molecule has 0 atom stereocenters. The average molecular weight is 444 g/mol. The molecule has 1 fully saturated rings. The predicted octanol–water partition coefficient (Wildman–Crippen LogP) is 4.72. The molecular formula is C25H25N5OS. The van der Waals surface area contributed by atoms with Crippen LogP contribution in [0.15, 0.2) is 60.9 Å². The summed E-state index contributed by atoms with van der Waals surface area (Å²) >= 11 is 1.69. The Morgan fingerprint density at radius 3 is 2.47 bits per heavy atom. The minimum Gasteiger partial charge on any atom is -0.356 e. The molecule has 0 N–H and O–H groups in total. The molecule has 32 heavy (non-hydrogen) atoms. The Labute approximate surface area is 191 Å². The fourth-order valence-electron chi connectivity index (χ4n) is 4.22. The Kier molecular flexibility index (Phi) is 5.57. The molecule has 0 spiro atoms. The number of aromatic nitrogens is 3. The van der Waals surface area contributed by atoms with Crippen LogP contribution in [0.4, 0.5) is 5.82 Å². The van der Waals surface area contributed by atoms with Crippen molar-refractivity contribution in [2.75, 3.05) is 32.1 Å². The molecule has 0 saturated carbocycles. The Balaban J connectivity index is 1.56. The van der Waals surface area contributed by atoms with Crippen LogP contribution in [0.3, 0.4) is 0 Å². The summed E-state index contributed by atoms with van der Waals surface area (Å²) < 4.78 is 0. The van der Waals surface area contributed by atoms with Crippen LogP contribution in [0.2, 0.25) is 0 Å². The normalized spacial score (nSPS) is 14.6. The molecule has 4 heterocycles. The fourth-order valence-corrected chi connectivity index (χ4v) is 5.25. The molecule has 1 aliphatic heterocycles. The third-order valence-corrected chi connectivity index (χ3v) is 7.01. The third kappa shape index (κ3) is 3.96. The first-order chi connectivity index (χ1) is 15.6. The van der Waals surface area contributed by atoms with Gasteiger partial charge in [-0.2, -0.15) is 0 Å². The Hall–Kier alpha value is -3.32. The lowest BCUT2D eigenvalue weighted by atomic mass is 9.95. The van der Waals surface area contributed by atoms with Crippen molar-refractivity contribution in [3.05, 3.63) is 60.9 Å². The van der Waals surface area contributed by atoms with Crippen LogP contribution in [0.25, 0.3) is 32.0 Å². The van der Waals surface area contributed by atoms with E-state index in [1.807, 2.05) is 32.3 Å². The van der Waals surface area contributed by atoms with E-state index >= 15 is 0 Å². The molecule has 1 aromatic carbocycles. The quantitative estimate of drug-likeness (QED) is 0.457. The molecule has 6 nitrogen and oxygen atoms in total. The molecule has 4 aromatic rings. The molecule has 1 aliphatic rings. The van der Waals surface area contributed by atoms with Crippen molar-refractivity contribution in [1.29, 1.82) is 0 Å². The maximum absolute atomic E-state index is 12.4. The summed E-state index contributed by atoms with van der Waals surface area (Å²) in [5, 5.41) is 1.07. The van der Waals surface area contributed by atoms with E-state index in [1.54, 1.807) is 28.6 Å². The van der Waals surface area contributed by atoms with E-state index in [0.717, 1.165) is 47.5 Å². The second kappa shape index (κ2) is 8.67. The molecule has 162 valence electrons. The van der Waals surface area contributed by atoms with Gasteiger partial charge in [-0.05, 0) is 36.6 Å². The predicted molar refractivity (Wildman–Crippen MR) is 130 cm³/mol. The summed E-state index contributed by atoms with van der Waals surface area (Å²) in [7, 11) is 3.67. The van der Waals surface area contributed by atoms with Crippen molar-refractivity contribution in [3.63, 3.8) is 0 Å². The van der Waals surface area contributed by atoms with Crippen LogP contribution >= 0.6 is 11.3 Å². The van der Waals surface area contributed by atoms with Gasteiger partial charge < -0.3 is 9.80 Å². The molecule has 7 heteroatoms. The van der Waals surface area contributed by atoms with Gasteiger partial charge >= 0.3 is 0 Å². The lowest BCUT2D eigenvalue weighted by Crippen LogP contribution is -2.40. The zero-order chi connectivity index (χ0) is 22.1. The Morgan fingerprint density at radius 2 is 1.78 bits per heavy atom. The van der Waals surface area contributed by atoms with E-state index < -0.39 is 0 Å². The SMILES string of the molecule is CN(C)C(=O)C1CCN(c2nc(-c3cccnc3)nc3sc(-c4ccccc4)cc23)CC1. The van der Waals surface area contributed by atoms with Crippen molar-refractivity contribution in [3.8, 4) is 21.8 Å². The van der Waals surface area contributed by atoms with E-state index in [-0.39, 0.29) is 11.8 Å². The molecule has 5 rings (SSSR count). The molecule has 1 amide bonds. The van der Waals surface area contributed by atoms with Gasteiger partial charge in [-0.1, -0.05) is 30.3 Å². The molecule has 0 aliphatic carbocycles. The molecule has 0 radical (unpaired) electrons. The van der Waals surface area contributed by atoms with Crippen LogP contribution in [0.1, 0.15) is 12.8 Å². The second-order valence-electron chi connectivity index (χ2n) is 8.30. The number of pyridine rings is 1. The van der Waals surface area contributed by atoms with Gasteiger partial charge in [0.2, 0.25) is 5.91 Å². The zero-order valence-electron chi connectivity index (χ0n) is 18.2. The van der Waals surface area contributed by atoms with Crippen molar-refractivity contribution in [2.24, 2.45) is 5.92 Å². The zero-order valence-corrected chi connectivity index (χ0v) is 19.0. The van der Waals surface area contributed by atoms with E-state index in [9.17, 15) is 4.79 Å². The van der Waals surface area contributed by atoms with Crippen molar-refractivity contribution >= 4 is 33.3 Å². The van der Waals surface area contributed by atoms with Gasteiger partial charge in [0.1, 0.15) is 10.6 Å². The van der Waals surface area contributed by atoms with Crippen LogP contribution in [-0.4, -0.2) is 52.9 Å². The van der Waals surface area contributed by atoms with Gasteiger partial charge in [-0.15, -0.1) is 11.3 Å². The monoisotopic (exact) mass is 443 g/mol. The van der Waals surface area contributed by atoms with Gasteiger partial charge in [0, 0.05) is 55.9 Å². The van der Waals surface area contributed by atoms with Gasteiger partial charge in [-0.3, -0.25) is 9.78 Å². The molecule has 3 aromatic heterocycles. The maximum Gasteiger partial charge on any atom is 0.225 e. The van der Waals surface area contributed by atoms with Gasteiger partial charge in [0.25, 0.3) is 0 Å². The number of hydrogen-bond donors (Lipinski definition) is 0. The van der Waals surface area contributed by atoms with Gasteiger partial charge in [0.05, 0.1) is 5.39 Å². The lowest BCUT2D eigenvalue weighted by molar-refractivity contribution is -0.133. The molecule has 0 bridgehead atoms. The Morgan fingerprint density at radius 1 is 1.03 bits per heavy atom. The first-order valence-electron chi connectivity index (χ1n) is 10.8. The van der Waals surface area contributed by atoms with E-state index in [0.29, 0.717) is 5.82 Å². The third-order valence-electron chi connectivity index (χ3n) is 5.94. The van der Waals surface area contributed by atoms with Crippen molar-refractivity contribution < 1.29 is 4.79 Å². The maximum atomic E-state index is 12.4. The number of fused-ring (bicyclic) bond motifs is 1. The standard InChI is InChI=1S/C25H25N5OS/c1-29(2)25(31)18-10-13-30(14-11-18)23-20-15-21(17-7-4-3-5-8-17)32-24(20)28-22(27-23)19-9-6-12-26-16-19/h3-9,12,15-16,18H,10-11,13-14H2,1-2H3. The minimum atomic E-state index is 0.0822. The summed E-state index contributed by atoms with van der Waals surface area (Å²) in [6.07, 6.45) is 5.23. The summed E-state index contributed by atoms with van der Waals surface area (Å²) in [5.41, 5.74) is 2.09. The highest BCUT2D eigenvalue weighted by atomic mass is 32.1. The largest absolute Gasteiger partial charge is 0.356 e. The first-order valence-corrected chi connectivity index (χ1v) is 11.7. The highest BCUT2D eigenvalue weighted by Gasteiger charge is 2.28. The number of benzene rings is 1. The van der Waals surface area contributed by atoms with E-state index in [4.69, 9.17) is 9.97 Å². The number of carbonyl (C=O) groups is 1. The number of nitrogens with zero attached hydrogens (tertiary/aromatic N) is 5. The van der Waals surface area contributed by atoms with Crippen LogP contribution in [0, 0.1) is 5.92 Å². The molecule has 0 unspecified atom stereocenters. The van der Waals surface area contributed by atoms with Crippen molar-refractivity contribution in [2.45, 2.75) is 12.8 Å². The first kappa shape index (κ1) is 20.6. The number of piperidine rings is 1. The second-order valence-corrected chi connectivity index (χ2v) is 9.33. The fraction of sp³-hybridized carbons (Fsp3) is 0.280. The van der Waals surface area contributed by atoms with Crippen LogP contribution in [-0.2, 0) is 4.79 Å². The van der Waals surface area contributed by atoms with Crippen LogP contribution < -0.4 is 4.90 Å². The number of anilines is 1. The van der Waals surface area contributed by atoms with Crippen LogP contribution in [0.5, 0.6) is 0 Å². The molecular weight excluding hydrogens is 418 g/mol. The summed E-state index contributed by atoms with van der Waals surface area (Å²) in [6.45, 7) is 1.61. The van der Waals surface area contributed by atoms with Crippen molar-refractivity contribution in [1.82, 2.24) is 19.9 Å². The average Bonchev–Trinajstić information content (AvgIpc) is 3.28. The number of rotatable bonds is 4. The number of hydrogen-bond acceptors (Lipinski definition) is 6. The van der Waals surface area contributed by atoms with Gasteiger partial charge in [0.15, 0.2) is 5.82 Å². The number of thiophene rings is 1. The summed E-state index contributed by atoms with van der Waals surface area (Å²) in [5.74, 6) is 1.94. The number of carbonyl (C=O) groups excluding carboxylic acids is 1. The number of amides is 1.